The molecule has 0 radical (unpaired) electrons. The van der Waals surface area contributed by atoms with Crippen LogP contribution in [-0.2, 0) is 0 Å². The molecule has 0 saturated carbocycles. The van der Waals surface area contributed by atoms with Crippen LogP contribution in [0.25, 0.3) is 0 Å². The lowest BCUT2D eigenvalue weighted by molar-refractivity contribution is 0.150. The maximum atomic E-state index is 2.49. The van der Waals surface area contributed by atoms with E-state index < -0.39 is 0 Å². The number of allylic oxidation sites excluding steroid dienone is 4. The van der Waals surface area contributed by atoms with Gasteiger partial charge in [0.05, 0.1) is 0 Å². The molecule has 3 aliphatic rings. The molecular weight excluding hydrogens is 194 g/mol. The zero-order valence-electron chi connectivity index (χ0n) is 10.6. The van der Waals surface area contributed by atoms with Gasteiger partial charge in [-0.3, -0.25) is 0 Å². The predicted octanol–water partition coefficient (Wildman–Crippen LogP) is 3.38. The van der Waals surface area contributed by atoms with Gasteiger partial charge in [0.2, 0.25) is 0 Å². The Labute approximate surface area is 99.2 Å². The van der Waals surface area contributed by atoms with Gasteiger partial charge in [0.25, 0.3) is 0 Å². The van der Waals surface area contributed by atoms with Crippen LogP contribution in [-0.4, -0.2) is 25.0 Å². The summed E-state index contributed by atoms with van der Waals surface area (Å²) in [6.07, 6.45) is 11.8. The van der Waals surface area contributed by atoms with Crippen molar-refractivity contribution in [3.05, 3.63) is 23.3 Å². The lowest BCUT2D eigenvalue weighted by atomic mass is 9.70. The van der Waals surface area contributed by atoms with Gasteiger partial charge < -0.3 is 4.90 Å². The van der Waals surface area contributed by atoms with Gasteiger partial charge in [-0.1, -0.05) is 24.6 Å². The minimum absolute atomic E-state index is 0.612. The summed E-state index contributed by atoms with van der Waals surface area (Å²) in [6.45, 7) is 4.96. The highest BCUT2D eigenvalue weighted by molar-refractivity contribution is 5.39. The van der Waals surface area contributed by atoms with Crippen LogP contribution in [0.3, 0.4) is 0 Å². The van der Waals surface area contributed by atoms with Crippen LogP contribution in [0.4, 0.5) is 0 Å². The van der Waals surface area contributed by atoms with Crippen LogP contribution >= 0.6 is 0 Å². The Morgan fingerprint density at radius 3 is 2.75 bits per heavy atom. The third kappa shape index (κ3) is 1.57. The van der Waals surface area contributed by atoms with Crippen molar-refractivity contribution in [1.82, 2.24) is 4.90 Å². The summed E-state index contributed by atoms with van der Waals surface area (Å²) in [4.78, 5) is 2.49. The maximum absolute atomic E-state index is 2.49. The van der Waals surface area contributed by atoms with Gasteiger partial charge in [0.1, 0.15) is 0 Å². The predicted molar refractivity (Wildman–Crippen MR) is 68.3 cm³/mol. The van der Waals surface area contributed by atoms with Gasteiger partial charge >= 0.3 is 0 Å². The van der Waals surface area contributed by atoms with Gasteiger partial charge in [0, 0.05) is 0 Å². The fourth-order valence-corrected chi connectivity index (χ4v) is 3.82. The van der Waals surface area contributed by atoms with Crippen molar-refractivity contribution in [2.75, 3.05) is 20.1 Å². The molecule has 1 spiro atoms. The molecule has 2 aliphatic carbocycles. The molecule has 0 amide bonds. The third-order valence-corrected chi connectivity index (χ3v) is 5.00. The molecule has 1 saturated heterocycles. The van der Waals surface area contributed by atoms with Crippen molar-refractivity contribution in [2.45, 2.75) is 39.0 Å². The number of hydrogen-bond donors (Lipinski definition) is 0. The van der Waals surface area contributed by atoms with E-state index in [1.807, 2.05) is 5.57 Å². The molecule has 0 N–H and O–H groups in total. The zero-order chi connectivity index (χ0) is 11.2. The Balaban J connectivity index is 1.87. The fraction of sp³-hybridized carbons (Fsp3) is 0.733. The van der Waals surface area contributed by atoms with E-state index >= 15 is 0 Å². The van der Waals surface area contributed by atoms with Crippen molar-refractivity contribution in [2.24, 2.45) is 11.3 Å². The SMILES string of the molecule is CC1C=CC2=C(C1)C1(CC2)CCN(C)CC1. The highest BCUT2D eigenvalue weighted by atomic mass is 15.1. The molecule has 1 atom stereocenters. The van der Waals surface area contributed by atoms with E-state index in [2.05, 4.69) is 31.0 Å². The molecule has 3 rings (SSSR count). The molecule has 1 heterocycles. The molecular formula is C15H23N. The van der Waals surface area contributed by atoms with Crippen molar-refractivity contribution >= 4 is 0 Å². The molecule has 1 aliphatic heterocycles. The molecule has 0 aromatic rings. The van der Waals surface area contributed by atoms with Crippen LogP contribution in [0, 0.1) is 11.3 Å². The van der Waals surface area contributed by atoms with Crippen LogP contribution in [0.1, 0.15) is 39.0 Å². The second-order valence-corrected chi connectivity index (χ2v) is 6.13. The summed E-state index contributed by atoms with van der Waals surface area (Å²) in [6, 6.07) is 0. The Morgan fingerprint density at radius 2 is 2.00 bits per heavy atom. The van der Waals surface area contributed by atoms with Gasteiger partial charge in [0.15, 0.2) is 0 Å². The monoisotopic (exact) mass is 217 g/mol. The van der Waals surface area contributed by atoms with Gasteiger partial charge in [-0.05, 0) is 69.1 Å². The Hall–Kier alpha value is -0.560. The topological polar surface area (TPSA) is 3.24 Å². The largest absolute Gasteiger partial charge is 0.306 e. The third-order valence-electron chi connectivity index (χ3n) is 5.00. The maximum Gasteiger partial charge on any atom is -0.00134 e. The van der Waals surface area contributed by atoms with Crippen LogP contribution < -0.4 is 0 Å². The lowest BCUT2D eigenvalue weighted by Gasteiger charge is -2.41. The summed E-state index contributed by atoms with van der Waals surface area (Å²) in [5.41, 5.74) is 4.15. The van der Waals surface area contributed by atoms with Crippen molar-refractivity contribution in [3.8, 4) is 0 Å². The second-order valence-electron chi connectivity index (χ2n) is 6.13. The lowest BCUT2D eigenvalue weighted by Crippen LogP contribution is -2.38. The molecule has 0 aromatic heterocycles. The quantitative estimate of drug-likeness (QED) is 0.601. The summed E-state index contributed by atoms with van der Waals surface area (Å²) in [7, 11) is 2.26. The number of nitrogens with zero attached hydrogens (tertiary/aromatic N) is 1. The summed E-state index contributed by atoms with van der Waals surface area (Å²) < 4.78 is 0. The van der Waals surface area contributed by atoms with Crippen LogP contribution in [0.15, 0.2) is 23.3 Å². The first kappa shape index (κ1) is 10.6. The van der Waals surface area contributed by atoms with Crippen molar-refractivity contribution < 1.29 is 0 Å². The smallest absolute Gasteiger partial charge is 0.00134 e. The van der Waals surface area contributed by atoms with E-state index in [4.69, 9.17) is 0 Å². The molecule has 16 heavy (non-hydrogen) atoms. The van der Waals surface area contributed by atoms with E-state index in [1.165, 1.54) is 45.2 Å². The van der Waals surface area contributed by atoms with E-state index in [1.54, 1.807) is 5.57 Å². The number of hydrogen-bond acceptors (Lipinski definition) is 1. The number of rotatable bonds is 0. The number of piperidine rings is 1. The summed E-state index contributed by atoms with van der Waals surface area (Å²) in [5, 5.41) is 0. The Bertz CT molecular complexity index is 342. The Kier molecular flexibility index (Phi) is 2.47. The highest BCUT2D eigenvalue weighted by Gasteiger charge is 2.42. The minimum Gasteiger partial charge on any atom is -0.306 e. The van der Waals surface area contributed by atoms with E-state index in [0.717, 1.165) is 5.92 Å². The zero-order valence-corrected chi connectivity index (χ0v) is 10.6. The number of fused-ring (bicyclic) bond motifs is 1. The molecule has 1 fully saturated rings. The first-order valence-electron chi connectivity index (χ1n) is 6.79. The first-order chi connectivity index (χ1) is 7.70. The van der Waals surface area contributed by atoms with Crippen molar-refractivity contribution in [1.29, 1.82) is 0 Å². The minimum atomic E-state index is 0.612. The molecule has 88 valence electrons. The van der Waals surface area contributed by atoms with Crippen LogP contribution in [0.5, 0.6) is 0 Å². The van der Waals surface area contributed by atoms with E-state index in [0.29, 0.717) is 5.41 Å². The van der Waals surface area contributed by atoms with E-state index in [-0.39, 0.29) is 0 Å². The molecule has 1 nitrogen and oxygen atoms in total. The van der Waals surface area contributed by atoms with E-state index in [9.17, 15) is 0 Å². The summed E-state index contributed by atoms with van der Waals surface area (Å²) in [5.74, 6) is 0.772. The molecule has 0 aromatic carbocycles. The average molecular weight is 217 g/mol. The summed E-state index contributed by atoms with van der Waals surface area (Å²) >= 11 is 0. The van der Waals surface area contributed by atoms with Crippen LogP contribution in [0.2, 0.25) is 0 Å². The number of likely N-dealkylation sites (tertiary alicyclic amines) is 1. The standard InChI is InChI=1S/C15H23N/c1-12-3-4-13-5-6-15(14(13)11-12)7-9-16(2)10-8-15/h3-4,12H,5-11H2,1-2H3. The fourth-order valence-electron chi connectivity index (χ4n) is 3.82. The first-order valence-corrected chi connectivity index (χ1v) is 6.79. The van der Waals surface area contributed by atoms with Gasteiger partial charge in [-0.25, -0.2) is 0 Å². The van der Waals surface area contributed by atoms with Gasteiger partial charge in [-0.15, -0.1) is 0 Å². The normalized spacial score (nSPS) is 33.5. The molecule has 1 heteroatoms. The second kappa shape index (κ2) is 3.73. The molecule has 1 unspecified atom stereocenters. The Morgan fingerprint density at radius 1 is 1.25 bits per heavy atom. The van der Waals surface area contributed by atoms with Crippen molar-refractivity contribution in [3.63, 3.8) is 0 Å². The molecule has 0 bridgehead atoms. The highest BCUT2D eigenvalue weighted by Crippen LogP contribution is 2.53. The van der Waals surface area contributed by atoms with Gasteiger partial charge in [-0.2, -0.15) is 0 Å². The average Bonchev–Trinajstić information content (AvgIpc) is 2.62.